The SMILES string of the molecule is CCC(C)NS(=O)(=O)c1ccc2c(c1)NCC(C)O2. The van der Waals surface area contributed by atoms with Gasteiger partial charge < -0.3 is 10.1 Å². The molecule has 0 aliphatic carbocycles. The maximum atomic E-state index is 12.2. The number of rotatable bonds is 4. The van der Waals surface area contributed by atoms with Crippen molar-refractivity contribution >= 4 is 15.7 Å². The summed E-state index contributed by atoms with van der Waals surface area (Å²) in [5.74, 6) is 0.696. The summed E-state index contributed by atoms with van der Waals surface area (Å²) < 4.78 is 32.6. The number of hydrogen-bond donors (Lipinski definition) is 2. The van der Waals surface area contributed by atoms with Crippen LogP contribution in [0.15, 0.2) is 23.1 Å². The largest absolute Gasteiger partial charge is 0.487 e. The molecule has 1 aromatic carbocycles. The van der Waals surface area contributed by atoms with Crippen molar-refractivity contribution in [3.8, 4) is 5.75 Å². The van der Waals surface area contributed by atoms with Gasteiger partial charge in [0.1, 0.15) is 11.9 Å². The zero-order valence-corrected chi connectivity index (χ0v) is 12.3. The second-order valence-electron chi connectivity index (χ2n) is 4.90. The van der Waals surface area contributed by atoms with E-state index in [-0.39, 0.29) is 17.0 Å². The minimum atomic E-state index is -3.46. The first-order valence-corrected chi connectivity index (χ1v) is 7.97. The Hall–Kier alpha value is -1.27. The molecule has 0 saturated heterocycles. The van der Waals surface area contributed by atoms with Crippen molar-refractivity contribution in [1.82, 2.24) is 4.72 Å². The van der Waals surface area contributed by atoms with Gasteiger partial charge in [0.2, 0.25) is 10.0 Å². The Balaban J connectivity index is 2.27. The number of nitrogens with one attached hydrogen (secondary N) is 2. The normalized spacial score (nSPS) is 20.1. The lowest BCUT2D eigenvalue weighted by Gasteiger charge is -2.25. The lowest BCUT2D eigenvalue weighted by Crippen LogP contribution is -2.32. The molecule has 0 saturated carbocycles. The molecule has 0 spiro atoms. The van der Waals surface area contributed by atoms with Crippen molar-refractivity contribution in [2.24, 2.45) is 0 Å². The molecule has 2 unspecified atom stereocenters. The van der Waals surface area contributed by atoms with Gasteiger partial charge in [0, 0.05) is 6.04 Å². The Bertz CT molecular complexity index is 557. The molecule has 5 nitrogen and oxygen atoms in total. The Morgan fingerprint density at radius 3 is 2.95 bits per heavy atom. The molecule has 2 rings (SSSR count). The highest BCUT2D eigenvalue weighted by molar-refractivity contribution is 7.89. The molecule has 1 heterocycles. The Morgan fingerprint density at radius 2 is 2.26 bits per heavy atom. The van der Waals surface area contributed by atoms with Crippen LogP contribution in [0, 0.1) is 0 Å². The Kier molecular flexibility index (Phi) is 4.01. The van der Waals surface area contributed by atoms with Crippen molar-refractivity contribution in [3.05, 3.63) is 18.2 Å². The second-order valence-corrected chi connectivity index (χ2v) is 6.61. The molecule has 1 aliphatic rings. The van der Waals surface area contributed by atoms with Crippen molar-refractivity contribution in [3.63, 3.8) is 0 Å². The number of ether oxygens (including phenoxy) is 1. The fourth-order valence-electron chi connectivity index (χ4n) is 1.85. The van der Waals surface area contributed by atoms with E-state index in [1.54, 1.807) is 18.2 Å². The lowest BCUT2D eigenvalue weighted by molar-refractivity contribution is 0.226. The van der Waals surface area contributed by atoms with E-state index in [2.05, 4.69) is 10.0 Å². The van der Waals surface area contributed by atoms with Crippen LogP contribution in [-0.2, 0) is 10.0 Å². The van der Waals surface area contributed by atoms with E-state index in [9.17, 15) is 8.42 Å². The Morgan fingerprint density at radius 1 is 1.53 bits per heavy atom. The summed E-state index contributed by atoms with van der Waals surface area (Å²) in [6.45, 7) is 6.43. The highest BCUT2D eigenvalue weighted by Crippen LogP contribution is 2.31. The van der Waals surface area contributed by atoms with Crippen LogP contribution in [-0.4, -0.2) is 27.1 Å². The first kappa shape index (κ1) is 14.1. The van der Waals surface area contributed by atoms with Crippen molar-refractivity contribution in [2.45, 2.75) is 44.2 Å². The molecule has 2 N–H and O–H groups in total. The monoisotopic (exact) mass is 284 g/mol. The van der Waals surface area contributed by atoms with Gasteiger partial charge in [0.05, 0.1) is 17.1 Å². The molecular formula is C13H20N2O3S. The van der Waals surface area contributed by atoms with Crippen molar-refractivity contribution < 1.29 is 13.2 Å². The first-order valence-electron chi connectivity index (χ1n) is 6.49. The van der Waals surface area contributed by atoms with Crippen LogP contribution < -0.4 is 14.8 Å². The van der Waals surface area contributed by atoms with Gasteiger partial charge in [-0.05, 0) is 38.5 Å². The van der Waals surface area contributed by atoms with E-state index < -0.39 is 10.0 Å². The summed E-state index contributed by atoms with van der Waals surface area (Å²) in [4.78, 5) is 0.261. The maximum Gasteiger partial charge on any atom is 0.240 e. The predicted octanol–water partition coefficient (Wildman–Crippen LogP) is 1.96. The van der Waals surface area contributed by atoms with E-state index in [1.165, 1.54) is 0 Å². The molecule has 6 heteroatoms. The molecule has 0 fully saturated rings. The summed E-state index contributed by atoms with van der Waals surface area (Å²) in [5, 5.41) is 3.17. The van der Waals surface area contributed by atoms with E-state index in [0.717, 1.165) is 12.1 Å². The van der Waals surface area contributed by atoms with Gasteiger partial charge in [0.15, 0.2) is 0 Å². The van der Waals surface area contributed by atoms with Gasteiger partial charge in [-0.3, -0.25) is 0 Å². The molecule has 19 heavy (non-hydrogen) atoms. The van der Waals surface area contributed by atoms with Crippen LogP contribution in [0.4, 0.5) is 5.69 Å². The predicted molar refractivity (Wildman–Crippen MR) is 75.1 cm³/mol. The summed E-state index contributed by atoms with van der Waals surface area (Å²) >= 11 is 0. The zero-order valence-electron chi connectivity index (χ0n) is 11.4. The third-order valence-corrected chi connectivity index (χ3v) is 4.73. The van der Waals surface area contributed by atoms with Gasteiger partial charge >= 0.3 is 0 Å². The Labute approximate surface area is 114 Å². The highest BCUT2D eigenvalue weighted by Gasteiger charge is 2.21. The maximum absolute atomic E-state index is 12.2. The van der Waals surface area contributed by atoms with E-state index >= 15 is 0 Å². The zero-order chi connectivity index (χ0) is 14.0. The number of fused-ring (bicyclic) bond motifs is 1. The number of anilines is 1. The molecule has 106 valence electrons. The van der Waals surface area contributed by atoms with Gasteiger partial charge in [-0.1, -0.05) is 6.92 Å². The van der Waals surface area contributed by atoms with Crippen LogP contribution in [0.2, 0.25) is 0 Å². The molecule has 0 amide bonds. The van der Waals surface area contributed by atoms with Crippen LogP contribution in [0.1, 0.15) is 27.2 Å². The van der Waals surface area contributed by atoms with E-state index in [0.29, 0.717) is 12.3 Å². The van der Waals surface area contributed by atoms with E-state index in [4.69, 9.17) is 4.74 Å². The molecular weight excluding hydrogens is 264 g/mol. The average molecular weight is 284 g/mol. The molecule has 0 radical (unpaired) electrons. The van der Waals surface area contributed by atoms with Gasteiger partial charge in [-0.2, -0.15) is 0 Å². The smallest absolute Gasteiger partial charge is 0.240 e. The molecule has 0 bridgehead atoms. The number of sulfonamides is 1. The quantitative estimate of drug-likeness (QED) is 0.887. The summed E-state index contributed by atoms with van der Waals surface area (Å²) in [6, 6.07) is 4.81. The van der Waals surface area contributed by atoms with Crippen LogP contribution in [0.3, 0.4) is 0 Å². The fraction of sp³-hybridized carbons (Fsp3) is 0.538. The van der Waals surface area contributed by atoms with Gasteiger partial charge in [0.25, 0.3) is 0 Å². The number of benzene rings is 1. The number of hydrogen-bond acceptors (Lipinski definition) is 4. The molecule has 2 atom stereocenters. The second kappa shape index (κ2) is 5.38. The molecule has 1 aliphatic heterocycles. The van der Waals surface area contributed by atoms with E-state index in [1.807, 2.05) is 20.8 Å². The fourth-order valence-corrected chi connectivity index (χ4v) is 3.20. The topological polar surface area (TPSA) is 67.4 Å². The van der Waals surface area contributed by atoms with Crippen LogP contribution >= 0.6 is 0 Å². The molecule has 1 aromatic rings. The minimum Gasteiger partial charge on any atom is -0.487 e. The van der Waals surface area contributed by atoms with Crippen molar-refractivity contribution in [2.75, 3.05) is 11.9 Å². The van der Waals surface area contributed by atoms with Gasteiger partial charge in [-0.15, -0.1) is 0 Å². The highest BCUT2D eigenvalue weighted by atomic mass is 32.2. The third-order valence-electron chi connectivity index (χ3n) is 3.14. The van der Waals surface area contributed by atoms with Crippen molar-refractivity contribution in [1.29, 1.82) is 0 Å². The summed E-state index contributed by atoms with van der Waals surface area (Å²) in [6.07, 6.45) is 0.844. The van der Waals surface area contributed by atoms with Crippen LogP contribution in [0.5, 0.6) is 5.75 Å². The summed E-state index contributed by atoms with van der Waals surface area (Å²) in [7, 11) is -3.46. The molecule has 0 aromatic heterocycles. The lowest BCUT2D eigenvalue weighted by atomic mass is 10.2. The first-order chi connectivity index (χ1) is 8.92. The summed E-state index contributed by atoms with van der Waals surface area (Å²) in [5.41, 5.74) is 0.727. The minimum absolute atomic E-state index is 0.0785. The van der Waals surface area contributed by atoms with Gasteiger partial charge in [-0.25, -0.2) is 13.1 Å². The van der Waals surface area contributed by atoms with Crippen LogP contribution in [0.25, 0.3) is 0 Å². The standard InChI is InChI=1S/C13H20N2O3S/c1-4-9(2)15-19(16,17)11-5-6-13-12(7-11)14-8-10(3)18-13/h5-7,9-10,14-15H,4,8H2,1-3H3. The third kappa shape index (κ3) is 3.19. The average Bonchev–Trinajstić information content (AvgIpc) is 2.37.